The van der Waals surface area contributed by atoms with Gasteiger partial charge < -0.3 is 14.8 Å². The molecule has 0 radical (unpaired) electrons. The molecule has 8 heteroatoms. The molecule has 0 fully saturated rings. The van der Waals surface area contributed by atoms with Crippen LogP contribution < -0.4 is 19.5 Å². The second-order valence-corrected chi connectivity index (χ2v) is 7.53. The number of benzene rings is 2. The molecular formula is C19H24N2O5S. The van der Waals surface area contributed by atoms with Crippen LogP contribution in [0.2, 0.25) is 0 Å². The van der Waals surface area contributed by atoms with Gasteiger partial charge in [0, 0.05) is 13.5 Å². The van der Waals surface area contributed by atoms with Crippen molar-refractivity contribution < 1.29 is 22.7 Å². The van der Waals surface area contributed by atoms with Crippen molar-refractivity contribution >= 4 is 21.6 Å². The van der Waals surface area contributed by atoms with Gasteiger partial charge in [0.1, 0.15) is 11.5 Å². The molecule has 2 aromatic carbocycles. The van der Waals surface area contributed by atoms with E-state index in [-0.39, 0.29) is 17.3 Å². The third-order valence-corrected chi connectivity index (χ3v) is 5.20. The molecule has 0 aromatic heterocycles. The van der Waals surface area contributed by atoms with Crippen LogP contribution in [-0.4, -0.2) is 34.6 Å². The third-order valence-electron chi connectivity index (χ3n) is 3.74. The highest BCUT2D eigenvalue weighted by Crippen LogP contribution is 2.28. The first-order chi connectivity index (χ1) is 12.9. The molecule has 0 aliphatic heterocycles. The zero-order valence-electron chi connectivity index (χ0n) is 15.6. The summed E-state index contributed by atoms with van der Waals surface area (Å²) in [5.74, 6) is 0.863. The standard InChI is InChI=1S/C19H24N2O5S/c1-4-26-19-10-9-17(13-18(19)21-14(2)22)27(23,24)20-12-11-15-5-7-16(25-3)8-6-15/h5-10,13,20H,4,11-12H2,1-3H3,(H,21,22). The lowest BCUT2D eigenvalue weighted by Crippen LogP contribution is -2.26. The van der Waals surface area contributed by atoms with E-state index in [2.05, 4.69) is 10.0 Å². The summed E-state index contributed by atoms with van der Waals surface area (Å²) < 4.78 is 38.2. The summed E-state index contributed by atoms with van der Waals surface area (Å²) in [6.07, 6.45) is 0.540. The molecule has 7 nitrogen and oxygen atoms in total. The molecule has 0 spiro atoms. The van der Waals surface area contributed by atoms with Crippen LogP contribution in [0.5, 0.6) is 11.5 Å². The van der Waals surface area contributed by atoms with Gasteiger partial charge >= 0.3 is 0 Å². The average molecular weight is 392 g/mol. The number of ether oxygens (including phenoxy) is 2. The Morgan fingerprint density at radius 1 is 1.11 bits per heavy atom. The maximum atomic E-state index is 12.5. The number of carbonyl (C=O) groups excluding carboxylic acids is 1. The molecule has 2 N–H and O–H groups in total. The average Bonchev–Trinajstić information content (AvgIpc) is 2.63. The van der Waals surface area contributed by atoms with Crippen molar-refractivity contribution in [1.29, 1.82) is 0 Å². The molecule has 0 atom stereocenters. The zero-order valence-corrected chi connectivity index (χ0v) is 16.4. The maximum absolute atomic E-state index is 12.5. The van der Waals surface area contributed by atoms with Crippen LogP contribution in [0.4, 0.5) is 5.69 Å². The Morgan fingerprint density at radius 2 is 1.81 bits per heavy atom. The molecule has 0 aliphatic carbocycles. The third kappa shape index (κ3) is 5.97. The van der Waals surface area contributed by atoms with Crippen molar-refractivity contribution in [3.8, 4) is 11.5 Å². The predicted molar refractivity (Wildman–Crippen MR) is 104 cm³/mol. The van der Waals surface area contributed by atoms with Gasteiger partial charge in [0.05, 0.1) is 24.3 Å². The highest BCUT2D eigenvalue weighted by molar-refractivity contribution is 7.89. The molecule has 0 saturated heterocycles. The summed E-state index contributed by atoms with van der Waals surface area (Å²) in [5.41, 5.74) is 1.31. The first-order valence-electron chi connectivity index (χ1n) is 8.52. The monoisotopic (exact) mass is 392 g/mol. The summed E-state index contributed by atoms with van der Waals surface area (Å²) in [5, 5.41) is 2.60. The number of carbonyl (C=O) groups is 1. The van der Waals surface area contributed by atoms with Crippen molar-refractivity contribution in [3.05, 3.63) is 48.0 Å². The van der Waals surface area contributed by atoms with E-state index in [0.29, 0.717) is 24.5 Å². The van der Waals surface area contributed by atoms with E-state index in [0.717, 1.165) is 11.3 Å². The van der Waals surface area contributed by atoms with Crippen LogP contribution in [0.15, 0.2) is 47.4 Å². The van der Waals surface area contributed by atoms with E-state index in [9.17, 15) is 13.2 Å². The van der Waals surface area contributed by atoms with E-state index in [1.807, 2.05) is 31.2 Å². The van der Waals surface area contributed by atoms with Crippen molar-refractivity contribution in [2.24, 2.45) is 0 Å². The van der Waals surface area contributed by atoms with Gasteiger partial charge in [-0.2, -0.15) is 0 Å². The largest absolute Gasteiger partial charge is 0.497 e. The number of hydrogen-bond donors (Lipinski definition) is 2. The highest BCUT2D eigenvalue weighted by atomic mass is 32.2. The molecule has 0 aliphatic rings. The molecular weight excluding hydrogens is 368 g/mol. The number of hydrogen-bond acceptors (Lipinski definition) is 5. The van der Waals surface area contributed by atoms with Gasteiger partial charge in [-0.05, 0) is 49.2 Å². The van der Waals surface area contributed by atoms with Gasteiger partial charge in [-0.25, -0.2) is 13.1 Å². The first-order valence-corrected chi connectivity index (χ1v) is 10.0. The van der Waals surface area contributed by atoms with Gasteiger partial charge in [-0.15, -0.1) is 0 Å². The number of anilines is 1. The van der Waals surface area contributed by atoms with Gasteiger partial charge in [0.2, 0.25) is 15.9 Å². The van der Waals surface area contributed by atoms with Crippen LogP contribution in [0.1, 0.15) is 19.4 Å². The molecule has 27 heavy (non-hydrogen) atoms. The number of sulfonamides is 1. The van der Waals surface area contributed by atoms with E-state index in [4.69, 9.17) is 9.47 Å². The summed E-state index contributed by atoms with van der Waals surface area (Å²) >= 11 is 0. The van der Waals surface area contributed by atoms with Crippen molar-refractivity contribution in [1.82, 2.24) is 4.72 Å². The fraction of sp³-hybridized carbons (Fsp3) is 0.316. The maximum Gasteiger partial charge on any atom is 0.240 e. The van der Waals surface area contributed by atoms with E-state index >= 15 is 0 Å². The zero-order chi connectivity index (χ0) is 19.9. The molecule has 1 amide bonds. The van der Waals surface area contributed by atoms with E-state index < -0.39 is 10.0 Å². The van der Waals surface area contributed by atoms with Crippen LogP contribution in [0.3, 0.4) is 0 Å². The Bertz CT molecular complexity index is 879. The molecule has 2 aromatic rings. The minimum Gasteiger partial charge on any atom is -0.497 e. The Hall–Kier alpha value is -2.58. The Balaban J connectivity index is 2.09. The smallest absolute Gasteiger partial charge is 0.240 e. The Kier molecular flexibility index (Phi) is 7.20. The molecule has 0 unspecified atom stereocenters. The van der Waals surface area contributed by atoms with Gasteiger partial charge in [0.15, 0.2) is 0 Å². The molecule has 0 bridgehead atoms. The van der Waals surface area contributed by atoms with Crippen molar-refractivity contribution in [2.45, 2.75) is 25.2 Å². The van der Waals surface area contributed by atoms with Gasteiger partial charge in [-0.1, -0.05) is 12.1 Å². The number of nitrogens with one attached hydrogen (secondary N) is 2. The van der Waals surface area contributed by atoms with Crippen molar-refractivity contribution in [2.75, 3.05) is 25.6 Å². The topological polar surface area (TPSA) is 93.7 Å². The molecule has 0 heterocycles. The molecule has 0 saturated carbocycles. The summed E-state index contributed by atoms with van der Waals surface area (Å²) in [7, 11) is -2.12. The van der Waals surface area contributed by atoms with E-state index in [1.165, 1.54) is 25.1 Å². The minimum absolute atomic E-state index is 0.0597. The van der Waals surface area contributed by atoms with Crippen molar-refractivity contribution in [3.63, 3.8) is 0 Å². The number of rotatable bonds is 9. The highest BCUT2D eigenvalue weighted by Gasteiger charge is 2.17. The van der Waals surface area contributed by atoms with Gasteiger partial charge in [-0.3, -0.25) is 4.79 Å². The van der Waals surface area contributed by atoms with Crippen LogP contribution >= 0.6 is 0 Å². The number of methoxy groups -OCH3 is 1. The second-order valence-electron chi connectivity index (χ2n) is 5.77. The lowest BCUT2D eigenvalue weighted by molar-refractivity contribution is -0.114. The first kappa shape index (κ1) is 20.7. The molecule has 2 rings (SSSR count). The molecule has 146 valence electrons. The Morgan fingerprint density at radius 3 is 2.41 bits per heavy atom. The summed E-state index contributed by atoms with van der Waals surface area (Å²) in [4.78, 5) is 11.4. The fourth-order valence-electron chi connectivity index (χ4n) is 2.45. The van der Waals surface area contributed by atoms with E-state index in [1.54, 1.807) is 7.11 Å². The van der Waals surface area contributed by atoms with Gasteiger partial charge in [0.25, 0.3) is 0 Å². The summed E-state index contributed by atoms with van der Waals surface area (Å²) in [6.45, 7) is 3.81. The van der Waals surface area contributed by atoms with Crippen LogP contribution in [-0.2, 0) is 21.2 Å². The summed E-state index contributed by atoms with van der Waals surface area (Å²) in [6, 6.07) is 11.8. The Labute approximate surface area is 159 Å². The normalized spacial score (nSPS) is 11.1. The second kappa shape index (κ2) is 9.38. The lowest BCUT2D eigenvalue weighted by atomic mass is 10.1. The van der Waals surface area contributed by atoms with Crippen LogP contribution in [0.25, 0.3) is 0 Å². The quantitative estimate of drug-likeness (QED) is 0.684. The van der Waals surface area contributed by atoms with Crippen LogP contribution in [0, 0.1) is 0 Å². The predicted octanol–water partition coefficient (Wildman–Crippen LogP) is 2.57. The number of amides is 1. The lowest BCUT2D eigenvalue weighted by Gasteiger charge is -2.13. The fourth-order valence-corrected chi connectivity index (χ4v) is 3.51. The SMILES string of the molecule is CCOc1ccc(S(=O)(=O)NCCc2ccc(OC)cc2)cc1NC(C)=O. The minimum atomic E-state index is -3.71.